The van der Waals surface area contributed by atoms with Gasteiger partial charge in [-0.05, 0) is 18.8 Å². The van der Waals surface area contributed by atoms with E-state index in [2.05, 4.69) is 6.92 Å². The molecule has 2 unspecified atom stereocenters. The number of hydrogen-bond acceptors (Lipinski definition) is 3. The molecule has 3 nitrogen and oxygen atoms in total. The number of aliphatic hydroxyl groups excluding tert-OH is 1. The summed E-state index contributed by atoms with van der Waals surface area (Å²) in [6.45, 7) is 3.73. The number of aliphatic hydroxyl groups is 1. The fourth-order valence-corrected chi connectivity index (χ4v) is 1.51. The van der Waals surface area contributed by atoms with E-state index in [0.29, 0.717) is 12.3 Å². The molecule has 3 heteroatoms. The van der Waals surface area contributed by atoms with Gasteiger partial charge in [0.1, 0.15) is 0 Å². The lowest BCUT2D eigenvalue weighted by Crippen LogP contribution is -2.52. The Bertz CT molecular complexity index is 125. The highest BCUT2D eigenvalue weighted by Gasteiger charge is 2.33. The van der Waals surface area contributed by atoms with Crippen LogP contribution in [0.4, 0.5) is 0 Å². The zero-order valence-electron chi connectivity index (χ0n) is 7.05. The third-order valence-electron chi connectivity index (χ3n) is 2.64. The Morgan fingerprint density at radius 2 is 2.45 bits per heavy atom. The van der Waals surface area contributed by atoms with Crippen molar-refractivity contribution >= 4 is 0 Å². The molecular formula is C8H17NO2. The molecule has 1 rings (SSSR count). The van der Waals surface area contributed by atoms with E-state index >= 15 is 0 Å². The summed E-state index contributed by atoms with van der Waals surface area (Å²) in [4.78, 5) is 0. The van der Waals surface area contributed by atoms with Crippen LogP contribution < -0.4 is 5.73 Å². The number of hydrogen-bond donors (Lipinski definition) is 2. The molecule has 11 heavy (non-hydrogen) atoms. The highest BCUT2D eigenvalue weighted by Crippen LogP contribution is 2.26. The molecule has 3 N–H and O–H groups in total. The molecule has 1 aliphatic rings. The second kappa shape index (κ2) is 3.52. The second-order valence-electron chi connectivity index (χ2n) is 3.43. The Labute approximate surface area is 67.5 Å². The standard InChI is InChI=1S/C8H17NO2/c1-7-6-11-5-3-8(7,9)2-4-10/h7,10H,2-6,9H2,1H3. The van der Waals surface area contributed by atoms with E-state index < -0.39 is 0 Å². The number of nitrogens with two attached hydrogens (primary N) is 1. The van der Waals surface area contributed by atoms with Gasteiger partial charge in [0.05, 0.1) is 6.61 Å². The van der Waals surface area contributed by atoms with E-state index in [0.717, 1.165) is 19.6 Å². The third kappa shape index (κ3) is 1.92. The summed E-state index contributed by atoms with van der Waals surface area (Å²) in [7, 11) is 0. The van der Waals surface area contributed by atoms with Gasteiger partial charge in [-0.3, -0.25) is 0 Å². The van der Waals surface area contributed by atoms with Crippen molar-refractivity contribution in [3.8, 4) is 0 Å². The topological polar surface area (TPSA) is 55.5 Å². The molecule has 0 bridgehead atoms. The van der Waals surface area contributed by atoms with Gasteiger partial charge in [0.15, 0.2) is 0 Å². The summed E-state index contributed by atoms with van der Waals surface area (Å²) in [5.41, 5.74) is 5.89. The summed E-state index contributed by atoms with van der Waals surface area (Å²) >= 11 is 0. The minimum absolute atomic E-state index is 0.181. The molecule has 1 saturated heterocycles. The molecule has 0 aliphatic carbocycles. The average Bonchev–Trinajstić information content (AvgIpc) is 1.96. The minimum atomic E-state index is -0.188. The maximum atomic E-state index is 8.78. The van der Waals surface area contributed by atoms with Gasteiger partial charge in [-0.2, -0.15) is 0 Å². The number of rotatable bonds is 2. The van der Waals surface area contributed by atoms with Gasteiger partial charge in [0, 0.05) is 18.8 Å². The van der Waals surface area contributed by atoms with Gasteiger partial charge in [0.25, 0.3) is 0 Å². The van der Waals surface area contributed by atoms with Crippen molar-refractivity contribution in [2.75, 3.05) is 19.8 Å². The monoisotopic (exact) mass is 159 g/mol. The Kier molecular flexibility index (Phi) is 2.87. The second-order valence-corrected chi connectivity index (χ2v) is 3.43. The maximum Gasteiger partial charge on any atom is 0.0509 e. The van der Waals surface area contributed by atoms with Crippen LogP contribution in [0.25, 0.3) is 0 Å². The molecule has 0 aromatic rings. The predicted octanol–water partition coefficient (Wildman–Crippen LogP) is 0.123. The first-order valence-electron chi connectivity index (χ1n) is 4.16. The van der Waals surface area contributed by atoms with Gasteiger partial charge in [0.2, 0.25) is 0 Å². The van der Waals surface area contributed by atoms with Crippen molar-refractivity contribution in [3.63, 3.8) is 0 Å². The molecule has 0 saturated carbocycles. The lowest BCUT2D eigenvalue weighted by Gasteiger charge is -2.38. The van der Waals surface area contributed by atoms with Crippen LogP contribution >= 0.6 is 0 Å². The van der Waals surface area contributed by atoms with Crippen molar-refractivity contribution in [2.45, 2.75) is 25.3 Å². The third-order valence-corrected chi connectivity index (χ3v) is 2.64. The molecule has 0 aromatic carbocycles. The van der Waals surface area contributed by atoms with Gasteiger partial charge in [-0.15, -0.1) is 0 Å². The first-order valence-corrected chi connectivity index (χ1v) is 4.16. The van der Waals surface area contributed by atoms with Crippen molar-refractivity contribution in [1.82, 2.24) is 0 Å². The fourth-order valence-electron chi connectivity index (χ4n) is 1.51. The minimum Gasteiger partial charge on any atom is -0.396 e. The zero-order valence-corrected chi connectivity index (χ0v) is 7.05. The average molecular weight is 159 g/mol. The van der Waals surface area contributed by atoms with Crippen molar-refractivity contribution in [1.29, 1.82) is 0 Å². The predicted molar refractivity (Wildman–Crippen MR) is 43.2 cm³/mol. The normalized spacial score (nSPS) is 39.0. The van der Waals surface area contributed by atoms with Crippen molar-refractivity contribution < 1.29 is 9.84 Å². The van der Waals surface area contributed by atoms with Crippen molar-refractivity contribution in [2.24, 2.45) is 11.7 Å². The van der Waals surface area contributed by atoms with Crippen LogP contribution in [-0.4, -0.2) is 30.5 Å². The number of ether oxygens (including phenoxy) is 1. The Morgan fingerprint density at radius 1 is 1.73 bits per heavy atom. The molecule has 0 amide bonds. The van der Waals surface area contributed by atoms with E-state index in [1.807, 2.05) is 0 Å². The van der Waals surface area contributed by atoms with E-state index in [9.17, 15) is 0 Å². The summed E-state index contributed by atoms with van der Waals surface area (Å²) < 4.78 is 5.26. The van der Waals surface area contributed by atoms with Crippen molar-refractivity contribution in [3.05, 3.63) is 0 Å². The summed E-state index contributed by atoms with van der Waals surface area (Å²) in [6.07, 6.45) is 1.56. The molecule has 1 heterocycles. The Morgan fingerprint density at radius 3 is 3.00 bits per heavy atom. The summed E-state index contributed by atoms with van der Waals surface area (Å²) in [5, 5.41) is 8.78. The van der Waals surface area contributed by atoms with Crippen LogP contribution in [0.5, 0.6) is 0 Å². The molecule has 0 spiro atoms. The lowest BCUT2D eigenvalue weighted by atomic mass is 9.80. The first-order chi connectivity index (χ1) is 5.19. The van der Waals surface area contributed by atoms with Gasteiger partial charge in [-0.25, -0.2) is 0 Å². The first kappa shape index (κ1) is 8.97. The molecule has 2 atom stereocenters. The molecule has 0 aromatic heterocycles. The van der Waals surface area contributed by atoms with Crippen LogP contribution in [0.2, 0.25) is 0 Å². The summed E-state index contributed by atoms with van der Waals surface area (Å²) in [6, 6.07) is 0. The molecular weight excluding hydrogens is 142 g/mol. The lowest BCUT2D eigenvalue weighted by molar-refractivity contribution is 0.000612. The van der Waals surface area contributed by atoms with E-state index in [1.54, 1.807) is 0 Å². The van der Waals surface area contributed by atoms with Gasteiger partial charge in [-0.1, -0.05) is 6.92 Å². The smallest absolute Gasteiger partial charge is 0.0509 e. The quantitative estimate of drug-likeness (QED) is 0.602. The van der Waals surface area contributed by atoms with E-state index in [-0.39, 0.29) is 12.1 Å². The van der Waals surface area contributed by atoms with Crippen LogP contribution in [0.3, 0.4) is 0 Å². The summed E-state index contributed by atoms with van der Waals surface area (Å²) in [5.74, 6) is 0.364. The largest absolute Gasteiger partial charge is 0.396 e. The van der Waals surface area contributed by atoms with E-state index in [4.69, 9.17) is 15.6 Å². The van der Waals surface area contributed by atoms with Crippen LogP contribution in [0.15, 0.2) is 0 Å². The molecule has 1 fully saturated rings. The Hall–Kier alpha value is -0.120. The van der Waals surface area contributed by atoms with Crippen LogP contribution in [-0.2, 0) is 4.74 Å². The molecule has 0 radical (unpaired) electrons. The maximum absolute atomic E-state index is 8.78. The van der Waals surface area contributed by atoms with Gasteiger partial charge < -0.3 is 15.6 Å². The molecule has 66 valence electrons. The molecule has 1 aliphatic heterocycles. The highest BCUT2D eigenvalue weighted by molar-refractivity contribution is 4.91. The van der Waals surface area contributed by atoms with E-state index in [1.165, 1.54) is 0 Å². The fraction of sp³-hybridized carbons (Fsp3) is 1.00. The van der Waals surface area contributed by atoms with Gasteiger partial charge >= 0.3 is 0 Å². The SMILES string of the molecule is CC1COCCC1(N)CCO. The zero-order chi connectivity index (χ0) is 8.32. The highest BCUT2D eigenvalue weighted by atomic mass is 16.5. The Balaban J connectivity index is 2.49. The van der Waals surface area contributed by atoms with Crippen LogP contribution in [0, 0.1) is 5.92 Å². The van der Waals surface area contributed by atoms with Crippen LogP contribution in [0.1, 0.15) is 19.8 Å².